The minimum Gasteiger partial charge on any atom is -0.329 e. The number of hydrogen-bond acceptors (Lipinski definition) is 2. The molecule has 1 fully saturated rings. The van der Waals surface area contributed by atoms with Crippen LogP contribution in [0.3, 0.4) is 0 Å². The molecule has 1 aliphatic rings. The molecule has 0 spiro atoms. The SMILES string of the molecule is CCCC1CCC(CN)(N(C)Cc2ccc(C)cc2)CC1. The Balaban J connectivity index is 1.98. The lowest BCUT2D eigenvalue weighted by molar-refractivity contribution is 0.0569. The summed E-state index contributed by atoms with van der Waals surface area (Å²) in [6.45, 7) is 6.24. The van der Waals surface area contributed by atoms with Crippen LogP contribution in [0.5, 0.6) is 0 Å². The molecule has 0 radical (unpaired) electrons. The van der Waals surface area contributed by atoms with Crippen molar-refractivity contribution in [1.82, 2.24) is 4.90 Å². The van der Waals surface area contributed by atoms with Gasteiger partial charge < -0.3 is 5.73 Å². The Kier molecular flexibility index (Phi) is 5.83. The highest BCUT2D eigenvalue weighted by molar-refractivity contribution is 5.21. The fourth-order valence-corrected chi connectivity index (χ4v) is 3.79. The Morgan fingerprint density at radius 2 is 1.81 bits per heavy atom. The first-order valence-electron chi connectivity index (χ1n) is 8.56. The van der Waals surface area contributed by atoms with E-state index in [1.54, 1.807) is 0 Å². The van der Waals surface area contributed by atoms with Gasteiger partial charge in [0.15, 0.2) is 0 Å². The molecule has 0 unspecified atom stereocenters. The van der Waals surface area contributed by atoms with Gasteiger partial charge in [0, 0.05) is 18.6 Å². The van der Waals surface area contributed by atoms with Crippen molar-refractivity contribution >= 4 is 0 Å². The number of aryl methyl sites for hydroxylation is 1. The number of likely N-dealkylation sites (N-methyl/N-ethyl adjacent to an activating group) is 1. The Morgan fingerprint density at radius 3 is 2.33 bits per heavy atom. The van der Waals surface area contributed by atoms with E-state index in [1.807, 2.05) is 0 Å². The van der Waals surface area contributed by atoms with Crippen LogP contribution in [0.15, 0.2) is 24.3 Å². The van der Waals surface area contributed by atoms with E-state index in [0.29, 0.717) is 0 Å². The molecule has 1 aromatic rings. The zero-order valence-corrected chi connectivity index (χ0v) is 14.1. The molecule has 0 amide bonds. The van der Waals surface area contributed by atoms with Crippen molar-refractivity contribution in [2.24, 2.45) is 11.7 Å². The van der Waals surface area contributed by atoms with Crippen molar-refractivity contribution in [2.75, 3.05) is 13.6 Å². The van der Waals surface area contributed by atoms with Crippen LogP contribution in [0.2, 0.25) is 0 Å². The Hall–Kier alpha value is -0.860. The predicted octanol–water partition coefficient (Wildman–Crippen LogP) is 4.11. The van der Waals surface area contributed by atoms with E-state index in [2.05, 4.69) is 50.1 Å². The second-order valence-electron chi connectivity index (χ2n) is 7.00. The van der Waals surface area contributed by atoms with Crippen molar-refractivity contribution in [1.29, 1.82) is 0 Å². The van der Waals surface area contributed by atoms with Crippen LogP contribution in [-0.2, 0) is 6.54 Å². The first kappa shape index (κ1) is 16.5. The van der Waals surface area contributed by atoms with E-state index in [1.165, 1.54) is 49.7 Å². The fourth-order valence-electron chi connectivity index (χ4n) is 3.79. The Morgan fingerprint density at radius 1 is 1.19 bits per heavy atom. The normalized spacial score (nSPS) is 26.2. The van der Waals surface area contributed by atoms with Crippen LogP contribution in [0.25, 0.3) is 0 Å². The highest BCUT2D eigenvalue weighted by Crippen LogP contribution is 2.37. The van der Waals surface area contributed by atoms with Crippen LogP contribution >= 0.6 is 0 Å². The number of nitrogens with zero attached hydrogens (tertiary/aromatic N) is 1. The molecule has 21 heavy (non-hydrogen) atoms. The molecule has 2 nitrogen and oxygen atoms in total. The van der Waals surface area contributed by atoms with Crippen LogP contribution < -0.4 is 5.73 Å². The van der Waals surface area contributed by atoms with Gasteiger partial charge in [0.05, 0.1) is 0 Å². The maximum atomic E-state index is 6.19. The largest absolute Gasteiger partial charge is 0.329 e. The average Bonchev–Trinajstić information content (AvgIpc) is 2.51. The fraction of sp³-hybridized carbons (Fsp3) is 0.684. The van der Waals surface area contributed by atoms with Crippen LogP contribution in [0.4, 0.5) is 0 Å². The molecule has 0 aliphatic heterocycles. The third-order valence-corrected chi connectivity index (χ3v) is 5.46. The molecule has 0 aromatic heterocycles. The third kappa shape index (κ3) is 4.08. The highest BCUT2D eigenvalue weighted by atomic mass is 15.2. The van der Waals surface area contributed by atoms with Crippen LogP contribution in [0, 0.1) is 12.8 Å². The summed E-state index contributed by atoms with van der Waals surface area (Å²) in [4.78, 5) is 2.51. The number of nitrogens with two attached hydrogens (primary N) is 1. The molecule has 1 saturated carbocycles. The smallest absolute Gasteiger partial charge is 0.0332 e. The van der Waals surface area contributed by atoms with E-state index in [9.17, 15) is 0 Å². The van der Waals surface area contributed by atoms with Crippen LogP contribution in [0.1, 0.15) is 56.6 Å². The molecule has 1 aliphatic carbocycles. The molecule has 2 heteroatoms. The zero-order valence-electron chi connectivity index (χ0n) is 14.1. The standard InChI is InChI=1S/C19H32N2/c1-4-5-17-10-12-19(15-20,13-11-17)21(3)14-18-8-6-16(2)7-9-18/h6-9,17H,4-5,10-15,20H2,1-3H3. The van der Waals surface area contributed by atoms with Crippen molar-refractivity contribution in [3.05, 3.63) is 35.4 Å². The van der Waals surface area contributed by atoms with Gasteiger partial charge in [-0.1, -0.05) is 49.6 Å². The minimum absolute atomic E-state index is 0.217. The first-order chi connectivity index (χ1) is 10.1. The minimum atomic E-state index is 0.217. The van der Waals surface area contributed by atoms with E-state index >= 15 is 0 Å². The van der Waals surface area contributed by atoms with Crippen molar-refractivity contribution in [3.8, 4) is 0 Å². The molecule has 2 N–H and O–H groups in total. The van der Waals surface area contributed by atoms with Gasteiger partial charge in [-0.15, -0.1) is 0 Å². The maximum absolute atomic E-state index is 6.19. The second-order valence-corrected chi connectivity index (χ2v) is 7.00. The van der Waals surface area contributed by atoms with Gasteiger partial charge in [0.25, 0.3) is 0 Å². The summed E-state index contributed by atoms with van der Waals surface area (Å²) in [6, 6.07) is 8.91. The Labute approximate surface area is 130 Å². The topological polar surface area (TPSA) is 29.3 Å². The van der Waals surface area contributed by atoms with Gasteiger partial charge in [-0.2, -0.15) is 0 Å². The van der Waals surface area contributed by atoms with Gasteiger partial charge in [0.1, 0.15) is 0 Å². The molecular formula is C19H32N2. The molecular weight excluding hydrogens is 256 g/mol. The molecule has 1 aromatic carbocycles. The molecule has 2 rings (SSSR count). The van der Waals surface area contributed by atoms with Gasteiger partial charge in [-0.3, -0.25) is 4.90 Å². The van der Waals surface area contributed by atoms with Gasteiger partial charge in [-0.05, 0) is 51.1 Å². The summed E-state index contributed by atoms with van der Waals surface area (Å²) in [6.07, 6.45) is 7.93. The lowest BCUT2D eigenvalue weighted by Crippen LogP contribution is -2.53. The van der Waals surface area contributed by atoms with Crippen molar-refractivity contribution in [2.45, 2.75) is 64.5 Å². The van der Waals surface area contributed by atoms with Crippen molar-refractivity contribution < 1.29 is 0 Å². The lowest BCUT2D eigenvalue weighted by atomic mass is 9.74. The Bertz CT molecular complexity index is 416. The molecule has 0 atom stereocenters. The second kappa shape index (κ2) is 7.42. The summed E-state index contributed by atoms with van der Waals surface area (Å²) in [5.41, 5.74) is 9.14. The summed E-state index contributed by atoms with van der Waals surface area (Å²) < 4.78 is 0. The third-order valence-electron chi connectivity index (χ3n) is 5.46. The predicted molar refractivity (Wildman–Crippen MR) is 91.3 cm³/mol. The summed E-state index contributed by atoms with van der Waals surface area (Å²) in [5, 5.41) is 0. The molecule has 118 valence electrons. The summed E-state index contributed by atoms with van der Waals surface area (Å²) in [7, 11) is 2.26. The van der Waals surface area contributed by atoms with Crippen molar-refractivity contribution in [3.63, 3.8) is 0 Å². The summed E-state index contributed by atoms with van der Waals surface area (Å²) >= 11 is 0. The van der Waals surface area contributed by atoms with E-state index < -0.39 is 0 Å². The highest BCUT2D eigenvalue weighted by Gasteiger charge is 2.37. The molecule has 0 saturated heterocycles. The van der Waals surface area contributed by atoms with E-state index in [-0.39, 0.29) is 5.54 Å². The van der Waals surface area contributed by atoms with Gasteiger partial charge in [-0.25, -0.2) is 0 Å². The van der Waals surface area contributed by atoms with Gasteiger partial charge >= 0.3 is 0 Å². The zero-order chi connectivity index (χ0) is 15.3. The average molecular weight is 288 g/mol. The maximum Gasteiger partial charge on any atom is 0.0332 e. The van der Waals surface area contributed by atoms with Crippen LogP contribution in [-0.4, -0.2) is 24.0 Å². The quantitative estimate of drug-likeness (QED) is 0.853. The monoisotopic (exact) mass is 288 g/mol. The number of hydrogen-bond donors (Lipinski definition) is 1. The van der Waals surface area contributed by atoms with E-state index in [4.69, 9.17) is 5.73 Å². The van der Waals surface area contributed by atoms with Gasteiger partial charge in [0.2, 0.25) is 0 Å². The molecule has 0 heterocycles. The molecule has 0 bridgehead atoms. The number of benzene rings is 1. The van der Waals surface area contributed by atoms with E-state index in [0.717, 1.165) is 19.0 Å². The summed E-state index contributed by atoms with van der Waals surface area (Å²) in [5.74, 6) is 0.933. The first-order valence-corrected chi connectivity index (χ1v) is 8.56. The number of rotatable bonds is 6. The lowest BCUT2D eigenvalue weighted by Gasteiger charge is -2.46.